The molecule has 31 heavy (non-hydrogen) atoms. The monoisotopic (exact) mass is 464 g/mol. The minimum Gasteiger partial charge on any atom is -0.328 e. The second-order valence-electron chi connectivity index (χ2n) is 7.25. The maximum Gasteiger partial charge on any atom is 0.419 e. The third kappa shape index (κ3) is 3.48. The Labute approximate surface area is 175 Å². The Morgan fingerprint density at radius 1 is 1.23 bits per heavy atom. The minimum atomic E-state index is -5.12. The van der Waals surface area contributed by atoms with E-state index in [2.05, 4.69) is 15.3 Å². The molecule has 1 aliphatic heterocycles. The Morgan fingerprint density at radius 2 is 1.84 bits per heavy atom. The van der Waals surface area contributed by atoms with Gasteiger partial charge >= 0.3 is 6.18 Å². The number of hydrogen-bond donors (Lipinski definition) is 1. The fourth-order valence-corrected chi connectivity index (χ4v) is 3.81. The molecule has 13 heteroatoms. The summed E-state index contributed by atoms with van der Waals surface area (Å²) in [5.74, 6) is -7.48. The Bertz CT molecular complexity index is 1090. The van der Waals surface area contributed by atoms with Crippen molar-refractivity contribution >= 4 is 29.4 Å². The number of carbonyl (C=O) groups excluding carboxylic acids is 2. The summed E-state index contributed by atoms with van der Waals surface area (Å²) >= 11 is 5.63. The van der Waals surface area contributed by atoms with Gasteiger partial charge in [-0.05, 0) is 12.1 Å². The lowest BCUT2D eigenvalue weighted by molar-refractivity contribution is -0.140. The van der Waals surface area contributed by atoms with Crippen LogP contribution in [-0.2, 0) is 16.4 Å². The van der Waals surface area contributed by atoms with E-state index in [9.17, 15) is 35.9 Å². The number of aromatic nitrogens is 2. The quantitative estimate of drug-likeness (QED) is 0.704. The molecule has 0 bridgehead atoms. The largest absolute Gasteiger partial charge is 0.419 e. The normalized spacial score (nSPS) is 21.8. The maximum atomic E-state index is 14.7. The number of halogens is 7. The molecule has 0 unspecified atom stereocenters. The lowest BCUT2D eigenvalue weighted by Crippen LogP contribution is -2.49. The molecular formula is C18H11ClF6N4O2. The van der Waals surface area contributed by atoms with Crippen LogP contribution in [0.2, 0.25) is 5.02 Å². The van der Waals surface area contributed by atoms with Gasteiger partial charge in [0.2, 0.25) is 11.9 Å². The predicted molar refractivity (Wildman–Crippen MR) is 94.2 cm³/mol. The molecule has 6 nitrogen and oxygen atoms in total. The average molecular weight is 465 g/mol. The van der Waals surface area contributed by atoms with Crippen LogP contribution < -0.4 is 5.32 Å². The highest BCUT2D eigenvalue weighted by Gasteiger charge is 2.75. The van der Waals surface area contributed by atoms with Crippen LogP contribution >= 0.6 is 11.6 Å². The number of nitrogens with zero attached hydrogens (tertiary/aromatic N) is 3. The van der Waals surface area contributed by atoms with Crippen molar-refractivity contribution in [1.29, 1.82) is 0 Å². The summed E-state index contributed by atoms with van der Waals surface area (Å²) in [5, 5.41) is 2.44. The van der Waals surface area contributed by atoms with Crippen molar-refractivity contribution in [3.63, 3.8) is 0 Å². The van der Waals surface area contributed by atoms with Gasteiger partial charge < -0.3 is 4.90 Å². The van der Waals surface area contributed by atoms with E-state index in [-0.39, 0.29) is 11.0 Å². The van der Waals surface area contributed by atoms with Crippen molar-refractivity contribution in [3.8, 4) is 0 Å². The summed E-state index contributed by atoms with van der Waals surface area (Å²) in [6, 6.07) is 0.984. The standard InChI is InChI=1S/C18H11ClF6N4O2/c19-8-3-26-15(27-4-8)28-11(30)5-29-7-16(6-17(16,21)22)12-9(14(29)31)1-2-10(13(12)20)18(23,24)25/h1-4H,5-7H2,(H,26,27,28,30)/t16-/m0/s1. The van der Waals surface area contributed by atoms with Gasteiger partial charge in [0.1, 0.15) is 12.4 Å². The summed E-state index contributed by atoms with van der Waals surface area (Å²) in [6.07, 6.45) is -3.69. The fraction of sp³-hybridized carbons (Fsp3) is 0.333. The van der Waals surface area contributed by atoms with E-state index in [4.69, 9.17) is 11.6 Å². The molecule has 1 saturated carbocycles. The first-order chi connectivity index (χ1) is 14.4. The lowest BCUT2D eigenvalue weighted by Gasteiger charge is -2.35. The van der Waals surface area contributed by atoms with E-state index in [0.717, 1.165) is 4.90 Å². The van der Waals surface area contributed by atoms with Crippen molar-refractivity contribution in [3.05, 3.63) is 52.1 Å². The first-order valence-electron chi connectivity index (χ1n) is 8.70. The summed E-state index contributed by atoms with van der Waals surface area (Å²) in [6.45, 7) is -1.54. The molecule has 2 heterocycles. The van der Waals surface area contributed by atoms with Crippen LogP contribution in [0, 0.1) is 5.82 Å². The molecule has 1 aromatic heterocycles. The summed E-state index contributed by atoms with van der Waals surface area (Å²) in [7, 11) is 0. The Hall–Kier alpha value is -2.89. The Balaban J connectivity index is 1.66. The van der Waals surface area contributed by atoms with Crippen LogP contribution in [0.5, 0.6) is 0 Å². The first kappa shape index (κ1) is 21.3. The van der Waals surface area contributed by atoms with E-state index >= 15 is 0 Å². The zero-order valence-electron chi connectivity index (χ0n) is 15.2. The molecule has 164 valence electrons. The number of rotatable bonds is 3. The molecule has 1 atom stereocenters. The first-order valence-corrected chi connectivity index (χ1v) is 9.08. The molecule has 1 N–H and O–H groups in total. The third-order valence-electron chi connectivity index (χ3n) is 5.21. The molecule has 2 amide bonds. The summed E-state index contributed by atoms with van der Waals surface area (Å²) in [4.78, 5) is 33.1. The van der Waals surface area contributed by atoms with Crippen LogP contribution in [0.1, 0.15) is 27.9 Å². The van der Waals surface area contributed by atoms with Gasteiger partial charge in [-0.1, -0.05) is 11.6 Å². The third-order valence-corrected chi connectivity index (χ3v) is 5.40. The lowest BCUT2D eigenvalue weighted by atomic mass is 9.84. The van der Waals surface area contributed by atoms with Gasteiger partial charge in [0, 0.05) is 24.1 Å². The van der Waals surface area contributed by atoms with Gasteiger partial charge in [-0.2, -0.15) is 13.2 Å². The molecule has 2 aromatic rings. The SMILES string of the molecule is O=C(CN1C[C@@]2(CC2(F)F)c2c(ccc(C(F)(F)F)c2F)C1=O)Nc1ncc(Cl)cn1. The van der Waals surface area contributed by atoms with Crippen LogP contribution in [0.25, 0.3) is 0 Å². The number of amides is 2. The van der Waals surface area contributed by atoms with Crippen molar-refractivity contribution in [2.75, 3.05) is 18.4 Å². The molecule has 1 fully saturated rings. The molecule has 0 radical (unpaired) electrons. The maximum absolute atomic E-state index is 14.7. The smallest absolute Gasteiger partial charge is 0.328 e. The van der Waals surface area contributed by atoms with Crippen molar-refractivity contribution in [2.45, 2.75) is 23.9 Å². The summed E-state index contributed by atoms with van der Waals surface area (Å²) < 4.78 is 82.4. The molecule has 1 spiro atoms. The van der Waals surface area contributed by atoms with E-state index in [1.54, 1.807) is 0 Å². The second kappa shape index (κ2) is 6.81. The van der Waals surface area contributed by atoms with Crippen LogP contribution in [0.15, 0.2) is 24.5 Å². The van der Waals surface area contributed by atoms with E-state index in [1.807, 2.05) is 0 Å². The number of carbonyl (C=O) groups is 2. The highest BCUT2D eigenvalue weighted by atomic mass is 35.5. The van der Waals surface area contributed by atoms with E-state index in [1.165, 1.54) is 12.4 Å². The Morgan fingerprint density at radius 3 is 2.39 bits per heavy atom. The van der Waals surface area contributed by atoms with Gasteiger partial charge in [-0.25, -0.2) is 23.1 Å². The minimum absolute atomic E-state index is 0.161. The summed E-state index contributed by atoms with van der Waals surface area (Å²) in [5.41, 5.74) is -5.66. The Kier molecular flexibility index (Phi) is 4.69. The van der Waals surface area contributed by atoms with Crippen molar-refractivity contribution < 1.29 is 35.9 Å². The van der Waals surface area contributed by atoms with Gasteiger partial charge in [0.05, 0.1) is 28.4 Å². The fourth-order valence-electron chi connectivity index (χ4n) is 3.71. The number of nitrogens with one attached hydrogen (secondary N) is 1. The molecule has 2 aliphatic rings. The van der Waals surface area contributed by atoms with E-state index in [0.29, 0.717) is 12.1 Å². The molecule has 0 saturated heterocycles. The van der Waals surface area contributed by atoms with Gasteiger partial charge in [-0.3, -0.25) is 14.9 Å². The average Bonchev–Trinajstić information content (AvgIpc) is 3.20. The predicted octanol–water partition coefficient (Wildman–Crippen LogP) is 3.66. The highest BCUT2D eigenvalue weighted by molar-refractivity contribution is 6.30. The molecular weight excluding hydrogens is 454 g/mol. The van der Waals surface area contributed by atoms with Gasteiger partial charge in [0.15, 0.2) is 0 Å². The van der Waals surface area contributed by atoms with Crippen LogP contribution in [0.4, 0.5) is 32.3 Å². The highest BCUT2D eigenvalue weighted by Crippen LogP contribution is 2.64. The molecule has 4 rings (SSSR count). The van der Waals surface area contributed by atoms with Gasteiger partial charge in [0.25, 0.3) is 11.8 Å². The van der Waals surface area contributed by atoms with Crippen molar-refractivity contribution in [1.82, 2.24) is 14.9 Å². The second-order valence-corrected chi connectivity index (χ2v) is 7.68. The zero-order valence-corrected chi connectivity index (χ0v) is 16.0. The number of alkyl halides is 5. The number of hydrogen-bond acceptors (Lipinski definition) is 4. The van der Waals surface area contributed by atoms with Gasteiger partial charge in [-0.15, -0.1) is 0 Å². The number of fused-ring (bicyclic) bond motifs is 2. The van der Waals surface area contributed by atoms with E-state index < -0.39 is 71.3 Å². The van der Waals surface area contributed by atoms with Crippen molar-refractivity contribution in [2.24, 2.45) is 0 Å². The number of benzene rings is 1. The zero-order chi connectivity index (χ0) is 22.8. The molecule has 1 aromatic carbocycles. The molecule has 1 aliphatic carbocycles. The number of anilines is 1. The van der Waals surface area contributed by atoms with Crippen LogP contribution in [0.3, 0.4) is 0 Å². The topological polar surface area (TPSA) is 75.2 Å². The van der Waals surface area contributed by atoms with Crippen LogP contribution in [-0.4, -0.2) is 45.7 Å².